The SMILES string of the molecule is Cc1cccc(Sc2ncccc2S(=O)(=O)NC(=O)NC(C)C)c1. The van der Waals surface area contributed by atoms with Crippen molar-refractivity contribution in [1.29, 1.82) is 0 Å². The number of aryl methyl sites for hydroxylation is 1. The highest BCUT2D eigenvalue weighted by Gasteiger charge is 2.22. The highest BCUT2D eigenvalue weighted by molar-refractivity contribution is 8.00. The predicted molar refractivity (Wildman–Crippen MR) is 93.5 cm³/mol. The molecule has 0 saturated heterocycles. The Morgan fingerprint density at radius 3 is 2.62 bits per heavy atom. The maximum Gasteiger partial charge on any atom is 0.328 e. The van der Waals surface area contributed by atoms with E-state index in [1.54, 1.807) is 13.8 Å². The third-order valence-corrected chi connectivity index (χ3v) is 5.38. The van der Waals surface area contributed by atoms with Crippen molar-refractivity contribution in [2.24, 2.45) is 0 Å². The molecule has 128 valence electrons. The second-order valence-corrected chi connectivity index (χ2v) is 8.17. The summed E-state index contributed by atoms with van der Waals surface area (Å²) in [4.78, 5) is 16.7. The lowest BCUT2D eigenvalue weighted by molar-refractivity contribution is 0.243. The molecule has 0 radical (unpaired) electrons. The van der Waals surface area contributed by atoms with Gasteiger partial charge < -0.3 is 5.32 Å². The van der Waals surface area contributed by atoms with Crippen LogP contribution in [0.15, 0.2) is 57.4 Å². The monoisotopic (exact) mass is 365 g/mol. The number of nitrogens with one attached hydrogen (secondary N) is 2. The maximum absolute atomic E-state index is 12.5. The molecule has 1 aromatic heterocycles. The van der Waals surface area contributed by atoms with E-state index in [9.17, 15) is 13.2 Å². The molecule has 2 rings (SSSR count). The van der Waals surface area contributed by atoms with Gasteiger partial charge in [0.15, 0.2) is 0 Å². The van der Waals surface area contributed by atoms with E-state index in [0.717, 1.165) is 10.5 Å². The Hall–Kier alpha value is -2.06. The molecule has 1 aromatic carbocycles. The molecule has 2 amide bonds. The second-order valence-electron chi connectivity index (χ2n) is 5.46. The molecule has 2 aromatic rings. The first-order chi connectivity index (χ1) is 11.3. The van der Waals surface area contributed by atoms with Crippen LogP contribution < -0.4 is 10.0 Å². The van der Waals surface area contributed by atoms with Crippen molar-refractivity contribution in [2.45, 2.75) is 41.6 Å². The first kappa shape index (κ1) is 18.3. The molecule has 6 nitrogen and oxygen atoms in total. The van der Waals surface area contributed by atoms with Crippen LogP contribution in [0.4, 0.5) is 4.79 Å². The summed E-state index contributed by atoms with van der Waals surface area (Å²) in [5.41, 5.74) is 1.06. The van der Waals surface area contributed by atoms with Crippen LogP contribution in [0.1, 0.15) is 19.4 Å². The largest absolute Gasteiger partial charge is 0.335 e. The minimum absolute atomic E-state index is 0.0320. The molecular formula is C16H19N3O3S2. The lowest BCUT2D eigenvalue weighted by Gasteiger charge is -2.12. The van der Waals surface area contributed by atoms with Gasteiger partial charge in [0, 0.05) is 17.1 Å². The number of nitrogens with zero attached hydrogens (tertiary/aromatic N) is 1. The minimum Gasteiger partial charge on any atom is -0.335 e. The molecule has 24 heavy (non-hydrogen) atoms. The standard InChI is InChI=1S/C16H19N3O3S2/c1-11(2)18-16(20)19-24(21,22)14-8-5-9-17-15(14)23-13-7-4-6-12(3)10-13/h4-11H,1-3H3,(H2,18,19,20). The molecule has 0 bridgehead atoms. The fourth-order valence-corrected chi connectivity index (χ4v) is 4.22. The van der Waals surface area contributed by atoms with Crippen molar-refractivity contribution >= 4 is 27.8 Å². The number of rotatable bonds is 5. The first-order valence-electron chi connectivity index (χ1n) is 7.31. The molecule has 0 atom stereocenters. The van der Waals surface area contributed by atoms with Gasteiger partial charge >= 0.3 is 6.03 Å². The number of benzene rings is 1. The normalized spacial score (nSPS) is 11.3. The Kier molecular flexibility index (Phi) is 5.84. The van der Waals surface area contributed by atoms with Crippen LogP contribution in [0, 0.1) is 6.92 Å². The number of sulfonamides is 1. The zero-order chi connectivity index (χ0) is 17.7. The van der Waals surface area contributed by atoms with E-state index >= 15 is 0 Å². The number of carbonyl (C=O) groups excluding carboxylic acids is 1. The van der Waals surface area contributed by atoms with Gasteiger partial charge in [0.1, 0.15) is 9.92 Å². The number of aromatic nitrogens is 1. The maximum atomic E-state index is 12.5. The Labute approximate surface area is 146 Å². The van der Waals surface area contributed by atoms with Crippen molar-refractivity contribution in [1.82, 2.24) is 15.0 Å². The highest BCUT2D eigenvalue weighted by atomic mass is 32.2. The van der Waals surface area contributed by atoms with Crippen LogP contribution in [0.5, 0.6) is 0 Å². The number of urea groups is 1. The van der Waals surface area contributed by atoms with Crippen LogP contribution >= 0.6 is 11.8 Å². The molecule has 0 spiro atoms. The van der Waals surface area contributed by atoms with Gasteiger partial charge in [-0.05, 0) is 45.0 Å². The summed E-state index contributed by atoms with van der Waals surface area (Å²) in [7, 11) is -4.01. The number of amides is 2. The summed E-state index contributed by atoms with van der Waals surface area (Å²) in [6.45, 7) is 5.45. The Balaban J connectivity index is 2.29. The van der Waals surface area contributed by atoms with E-state index in [1.165, 1.54) is 30.1 Å². The smallest absolute Gasteiger partial charge is 0.328 e. The van der Waals surface area contributed by atoms with Crippen LogP contribution in [0.3, 0.4) is 0 Å². The van der Waals surface area contributed by atoms with Gasteiger partial charge in [-0.3, -0.25) is 0 Å². The summed E-state index contributed by atoms with van der Waals surface area (Å²) in [5.74, 6) is 0. The van der Waals surface area contributed by atoms with Crippen LogP contribution in [0.2, 0.25) is 0 Å². The molecule has 0 aliphatic heterocycles. The summed E-state index contributed by atoms with van der Waals surface area (Å²) < 4.78 is 27.0. The molecule has 8 heteroatoms. The molecule has 1 heterocycles. The van der Waals surface area contributed by atoms with Crippen LogP contribution in [-0.4, -0.2) is 25.5 Å². The third-order valence-electron chi connectivity index (χ3n) is 2.88. The highest BCUT2D eigenvalue weighted by Crippen LogP contribution is 2.31. The summed E-state index contributed by atoms with van der Waals surface area (Å²) in [6.07, 6.45) is 1.52. The zero-order valence-corrected chi connectivity index (χ0v) is 15.2. The quantitative estimate of drug-likeness (QED) is 0.850. The van der Waals surface area contributed by atoms with E-state index in [4.69, 9.17) is 0 Å². The van der Waals surface area contributed by atoms with Gasteiger partial charge in [-0.2, -0.15) is 0 Å². The zero-order valence-electron chi connectivity index (χ0n) is 13.6. The fourth-order valence-electron chi connectivity index (χ4n) is 1.92. The van der Waals surface area contributed by atoms with Crippen molar-refractivity contribution in [3.05, 3.63) is 48.2 Å². The van der Waals surface area contributed by atoms with Gasteiger partial charge in [0.25, 0.3) is 10.0 Å². The molecular weight excluding hydrogens is 346 g/mol. The molecule has 0 saturated carbocycles. The molecule has 0 fully saturated rings. The lowest BCUT2D eigenvalue weighted by Crippen LogP contribution is -2.42. The van der Waals surface area contributed by atoms with Crippen molar-refractivity contribution in [2.75, 3.05) is 0 Å². The van der Waals surface area contributed by atoms with E-state index in [0.29, 0.717) is 5.03 Å². The summed E-state index contributed by atoms with van der Waals surface area (Å²) >= 11 is 1.23. The van der Waals surface area contributed by atoms with Gasteiger partial charge in [0.05, 0.1) is 0 Å². The van der Waals surface area contributed by atoms with Crippen molar-refractivity contribution in [3.63, 3.8) is 0 Å². The van der Waals surface area contributed by atoms with Gasteiger partial charge in [-0.15, -0.1) is 0 Å². The van der Waals surface area contributed by atoms with Gasteiger partial charge in [-0.25, -0.2) is 22.9 Å². The summed E-state index contributed by atoms with van der Waals surface area (Å²) in [5, 5.41) is 2.80. The second kappa shape index (κ2) is 7.67. The average molecular weight is 365 g/mol. The van der Waals surface area contributed by atoms with E-state index < -0.39 is 16.1 Å². The fraction of sp³-hybridized carbons (Fsp3) is 0.250. The Morgan fingerprint density at radius 1 is 1.21 bits per heavy atom. The number of carbonyl (C=O) groups is 1. The number of hydrogen-bond donors (Lipinski definition) is 2. The minimum atomic E-state index is -4.01. The Morgan fingerprint density at radius 2 is 1.96 bits per heavy atom. The predicted octanol–water partition coefficient (Wildman–Crippen LogP) is 2.94. The molecule has 0 aliphatic carbocycles. The average Bonchev–Trinajstić information content (AvgIpc) is 2.46. The van der Waals surface area contributed by atoms with Crippen LogP contribution in [-0.2, 0) is 10.0 Å². The van der Waals surface area contributed by atoms with Crippen molar-refractivity contribution in [3.8, 4) is 0 Å². The lowest BCUT2D eigenvalue weighted by atomic mass is 10.2. The Bertz CT molecular complexity index is 836. The van der Waals surface area contributed by atoms with Crippen LogP contribution in [0.25, 0.3) is 0 Å². The molecule has 2 N–H and O–H groups in total. The number of pyridine rings is 1. The van der Waals surface area contributed by atoms with E-state index in [1.807, 2.05) is 35.9 Å². The van der Waals surface area contributed by atoms with E-state index in [-0.39, 0.29) is 10.9 Å². The molecule has 0 unspecified atom stereocenters. The van der Waals surface area contributed by atoms with E-state index in [2.05, 4.69) is 10.3 Å². The summed E-state index contributed by atoms with van der Waals surface area (Å²) in [6, 6.07) is 9.68. The van der Waals surface area contributed by atoms with Crippen molar-refractivity contribution < 1.29 is 13.2 Å². The van der Waals surface area contributed by atoms with Gasteiger partial charge in [0.2, 0.25) is 0 Å². The topological polar surface area (TPSA) is 88.2 Å². The first-order valence-corrected chi connectivity index (χ1v) is 9.61. The molecule has 0 aliphatic rings. The number of hydrogen-bond acceptors (Lipinski definition) is 5. The third kappa shape index (κ3) is 4.97. The van der Waals surface area contributed by atoms with Gasteiger partial charge in [-0.1, -0.05) is 29.5 Å².